The Morgan fingerprint density at radius 3 is 3.00 bits per heavy atom. The Morgan fingerprint density at radius 1 is 1.52 bits per heavy atom. The van der Waals surface area contributed by atoms with Crippen LogP contribution in [0.25, 0.3) is 0 Å². The highest BCUT2D eigenvalue weighted by Gasteiger charge is 2.38. The van der Waals surface area contributed by atoms with Crippen molar-refractivity contribution in [2.24, 2.45) is 0 Å². The lowest BCUT2D eigenvalue weighted by atomic mass is 10.1. The van der Waals surface area contributed by atoms with E-state index in [9.17, 15) is 9.90 Å². The summed E-state index contributed by atoms with van der Waals surface area (Å²) in [6.07, 6.45) is 2.11. The van der Waals surface area contributed by atoms with E-state index in [4.69, 9.17) is 4.52 Å². The molecule has 124 valence electrons. The maximum Gasteiger partial charge on any atom is 0.249 e. The second-order valence-electron chi connectivity index (χ2n) is 6.01. The third kappa shape index (κ3) is 3.61. The normalized spacial score (nSPS) is 21.1. The number of rotatable bonds is 5. The molecule has 2 atom stereocenters. The molecule has 1 N–H and O–H groups in total. The summed E-state index contributed by atoms with van der Waals surface area (Å²) in [4.78, 5) is 19.8. The molecule has 0 saturated carbocycles. The van der Waals surface area contributed by atoms with Gasteiger partial charge in [-0.1, -0.05) is 5.16 Å². The zero-order valence-corrected chi connectivity index (χ0v) is 14.2. The first-order valence-corrected chi connectivity index (χ1v) is 8.73. The molecule has 0 spiro atoms. The Labute approximate surface area is 139 Å². The summed E-state index contributed by atoms with van der Waals surface area (Å²) in [5.41, 5.74) is 1.29. The Kier molecular flexibility index (Phi) is 4.77. The molecule has 3 rings (SSSR count). The quantitative estimate of drug-likeness (QED) is 0.907. The SMILES string of the molecule is Cc1noc([C@H]2C[C@@H](O)CN2C(=O)CCCc2sccc2C)n1. The third-order valence-electron chi connectivity index (χ3n) is 4.19. The molecule has 1 aliphatic rings. The summed E-state index contributed by atoms with van der Waals surface area (Å²) in [5, 5.41) is 15.8. The van der Waals surface area contributed by atoms with Gasteiger partial charge >= 0.3 is 0 Å². The summed E-state index contributed by atoms with van der Waals surface area (Å²) >= 11 is 1.74. The first kappa shape index (κ1) is 16.1. The summed E-state index contributed by atoms with van der Waals surface area (Å²) < 4.78 is 5.19. The highest BCUT2D eigenvalue weighted by molar-refractivity contribution is 7.10. The average molecular weight is 335 g/mol. The van der Waals surface area contributed by atoms with Gasteiger partial charge in [-0.05, 0) is 43.7 Å². The van der Waals surface area contributed by atoms with Gasteiger partial charge in [-0.15, -0.1) is 11.3 Å². The molecule has 1 aliphatic heterocycles. The van der Waals surface area contributed by atoms with Crippen molar-refractivity contribution in [1.82, 2.24) is 15.0 Å². The Morgan fingerprint density at radius 2 is 2.35 bits per heavy atom. The van der Waals surface area contributed by atoms with Crippen LogP contribution in [-0.2, 0) is 11.2 Å². The van der Waals surface area contributed by atoms with Crippen molar-refractivity contribution in [1.29, 1.82) is 0 Å². The van der Waals surface area contributed by atoms with Gasteiger partial charge in [-0.3, -0.25) is 4.79 Å². The molecule has 0 unspecified atom stereocenters. The minimum atomic E-state index is -0.532. The molecule has 7 heteroatoms. The molecule has 0 bridgehead atoms. The minimum Gasteiger partial charge on any atom is -0.391 e. The average Bonchev–Trinajstić information content (AvgIpc) is 3.20. The fraction of sp³-hybridized carbons (Fsp3) is 0.562. The van der Waals surface area contributed by atoms with E-state index in [0.29, 0.717) is 31.1 Å². The number of nitrogens with zero attached hydrogens (tertiary/aromatic N) is 3. The molecule has 2 aromatic rings. The van der Waals surface area contributed by atoms with Gasteiger partial charge in [0.2, 0.25) is 11.8 Å². The number of aromatic nitrogens is 2. The molecule has 0 aliphatic carbocycles. The number of aryl methyl sites for hydroxylation is 3. The van der Waals surface area contributed by atoms with Crippen LogP contribution in [0.5, 0.6) is 0 Å². The van der Waals surface area contributed by atoms with Crippen LogP contribution in [0.1, 0.15) is 47.5 Å². The number of hydrogen-bond acceptors (Lipinski definition) is 6. The Hall–Kier alpha value is -1.73. The predicted molar refractivity (Wildman–Crippen MR) is 86.1 cm³/mol. The second-order valence-corrected chi connectivity index (χ2v) is 7.01. The van der Waals surface area contributed by atoms with Gasteiger partial charge in [0, 0.05) is 24.3 Å². The number of β-amino-alcohol motifs (C(OH)–C–C–N with tert-alkyl or cyclic N) is 1. The van der Waals surface area contributed by atoms with E-state index >= 15 is 0 Å². The molecule has 2 aromatic heterocycles. The molecule has 6 nitrogen and oxygen atoms in total. The van der Waals surface area contributed by atoms with Gasteiger partial charge in [0.05, 0.1) is 6.10 Å². The van der Waals surface area contributed by atoms with E-state index in [-0.39, 0.29) is 11.9 Å². The monoisotopic (exact) mass is 335 g/mol. The van der Waals surface area contributed by atoms with Crippen LogP contribution in [0, 0.1) is 13.8 Å². The summed E-state index contributed by atoms with van der Waals surface area (Å²) in [6.45, 7) is 4.18. The zero-order valence-electron chi connectivity index (χ0n) is 13.4. The smallest absolute Gasteiger partial charge is 0.249 e. The maximum absolute atomic E-state index is 12.5. The largest absolute Gasteiger partial charge is 0.391 e. The summed E-state index contributed by atoms with van der Waals surface area (Å²) in [6, 6.07) is 1.80. The minimum absolute atomic E-state index is 0.0385. The van der Waals surface area contributed by atoms with Gasteiger partial charge < -0.3 is 14.5 Å². The van der Waals surface area contributed by atoms with E-state index in [2.05, 4.69) is 28.5 Å². The van der Waals surface area contributed by atoms with Gasteiger partial charge in [-0.2, -0.15) is 4.98 Å². The van der Waals surface area contributed by atoms with Gasteiger partial charge in [-0.25, -0.2) is 0 Å². The van der Waals surface area contributed by atoms with E-state index < -0.39 is 6.10 Å². The van der Waals surface area contributed by atoms with E-state index in [1.54, 1.807) is 23.2 Å². The summed E-state index contributed by atoms with van der Waals surface area (Å²) in [5.74, 6) is 1.00. The van der Waals surface area contributed by atoms with Crippen LogP contribution in [-0.4, -0.2) is 38.7 Å². The van der Waals surface area contributed by atoms with Crippen molar-refractivity contribution < 1.29 is 14.4 Å². The number of carbonyl (C=O) groups excluding carboxylic acids is 1. The molecule has 1 amide bonds. The molecule has 0 aromatic carbocycles. The van der Waals surface area contributed by atoms with Crippen LogP contribution in [0.15, 0.2) is 16.0 Å². The molecular weight excluding hydrogens is 314 g/mol. The molecule has 1 saturated heterocycles. The molecule has 1 fully saturated rings. The fourth-order valence-corrected chi connectivity index (χ4v) is 3.93. The number of hydrogen-bond donors (Lipinski definition) is 1. The van der Waals surface area contributed by atoms with Crippen molar-refractivity contribution in [2.75, 3.05) is 6.54 Å². The van der Waals surface area contributed by atoms with Crippen LogP contribution in [0.2, 0.25) is 0 Å². The van der Waals surface area contributed by atoms with E-state index in [1.165, 1.54) is 10.4 Å². The van der Waals surface area contributed by atoms with Crippen molar-refractivity contribution >= 4 is 17.2 Å². The lowest BCUT2D eigenvalue weighted by Crippen LogP contribution is -2.31. The number of thiophene rings is 1. The zero-order chi connectivity index (χ0) is 16.4. The maximum atomic E-state index is 12.5. The third-order valence-corrected chi connectivity index (χ3v) is 5.27. The molecule has 23 heavy (non-hydrogen) atoms. The van der Waals surface area contributed by atoms with Crippen molar-refractivity contribution in [2.45, 2.75) is 51.7 Å². The van der Waals surface area contributed by atoms with Crippen molar-refractivity contribution in [3.8, 4) is 0 Å². The van der Waals surface area contributed by atoms with Crippen molar-refractivity contribution in [3.63, 3.8) is 0 Å². The molecule has 3 heterocycles. The van der Waals surface area contributed by atoms with E-state index in [0.717, 1.165) is 12.8 Å². The first-order valence-electron chi connectivity index (χ1n) is 7.85. The lowest BCUT2D eigenvalue weighted by molar-refractivity contribution is -0.133. The lowest BCUT2D eigenvalue weighted by Gasteiger charge is -2.21. The van der Waals surface area contributed by atoms with E-state index in [1.807, 2.05) is 0 Å². The number of aliphatic hydroxyl groups is 1. The number of likely N-dealkylation sites (tertiary alicyclic amines) is 1. The van der Waals surface area contributed by atoms with Crippen LogP contribution in [0.3, 0.4) is 0 Å². The summed E-state index contributed by atoms with van der Waals surface area (Å²) in [7, 11) is 0. The molecular formula is C16H21N3O3S. The number of amides is 1. The highest BCUT2D eigenvalue weighted by Crippen LogP contribution is 2.32. The van der Waals surface area contributed by atoms with Crippen molar-refractivity contribution in [3.05, 3.63) is 33.6 Å². The Bertz CT molecular complexity index is 682. The topological polar surface area (TPSA) is 79.5 Å². The van der Waals surface area contributed by atoms with Gasteiger partial charge in [0.1, 0.15) is 6.04 Å². The van der Waals surface area contributed by atoms with Crippen LogP contribution >= 0.6 is 11.3 Å². The number of carbonyl (C=O) groups is 1. The standard InChI is InChI=1S/C16H21N3O3S/c1-10-6-7-23-14(10)4-3-5-15(21)19-9-12(20)8-13(19)16-17-11(2)18-22-16/h6-7,12-13,20H,3-5,8-9H2,1-2H3/t12-,13-/m1/s1. The predicted octanol–water partition coefficient (Wildman–Crippen LogP) is 2.41. The second kappa shape index (κ2) is 6.80. The van der Waals surface area contributed by atoms with Crippen LogP contribution in [0.4, 0.5) is 0 Å². The molecule has 0 radical (unpaired) electrons. The van der Waals surface area contributed by atoms with Gasteiger partial charge in [0.25, 0.3) is 0 Å². The first-order chi connectivity index (χ1) is 11.0. The van der Waals surface area contributed by atoms with Crippen LogP contribution < -0.4 is 0 Å². The highest BCUT2D eigenvalue weighted by atomic mass is 32.1. The van der Waals surface area contributed by atoms with Gasteiger partial charge in [0.15, 0.2) is 5.82 Å². The number of aliphatic hydroxyl groups excluding tert-OH is 1. The Balaban J connectivity index is 1.60. The fourth-order valence-electron chi connectivity index (χ4n) is 2.98.